The number of carbonyl (C=O) groups is 2. The van der Waals surface area contributed by atoms with E-state index in [9.17, 15) is 9.59 Å². The molecule has 182 valence electrons. The lowest BCUT2D eigenvalue weighted by molar-refractivity contribution is -0.0336. The van der Waals surface area contributed by atoms with Crippen molar-refractivity contribution in [3.8, 4) is 5.75 Å². The summed E-state index contributed by atoms with van der Waals surface area (Å²) in [4.78, 5) is 26.3. The summed E-state index contributed by atoms with van der Waals surface area (Å²) in [6, 6.07) is 19.7. The molecule has 3 aliphatic heterocycles. The number of piperidine rings is 3. The molecule has 4 heterocycles. The number of aromatic carboxylic acids is 1. The van der Waals surface area contributed by atoms with Crippen molar-refractivity contribution in [1.82, 2.24) is 10.2 Å². The topological polar surface area (TPSA) is 101 Å². The van der Waals surface area contributed by atoms with E-state index in [1.807, 2.05) is 48.5 Å². The molecule has 6 rings (SSSR count). The number of carboxylic acids is 1. The van der Waals surface area contributed by atoms with Gasteiger partial charge in [0.15, 0.2) is 0 Å². The first-order valence-corrected chi connectivity index (χ1v) is 11.8. The largest absolute Gasteiger partial charge is 0.486 e. The van der Waals surface area contributed by atoms with Gasteiger partial charge in [0.25, 0.3) is 0 Å². The van der Waals surface area contributed by atoms with E-state index < -0.39 is 18.1 Å². The molecule has 2 atom stereocenters. The number of carbonyl (C=O) groups excluding carboxylic acids is 1. The zero-order valence-electron chi connectivity index (χ0n) is 19.3. The van der Waals surface area contributed by atoms with Crippen molar-refractivity contribution in [2.24, 2.45) is 5.92 Å². The van der Waals surface area contributed by atoms with Crippen molar-refractivity contribution in [2.45, 2.75) is 31.6 Å². The number of furan rings is 1. The third kappa shape index (κ3) is 5.49. The lowest BCUT2D eigenvalue weighted by atomic mass is 9.86. The smallest absolute Gasteiger partial charge is 0.408 e. The van der Waals surface area contributed by atoms with Crippen LogP contribution >= 0.6 is 0 Å². The minimum atomic E-state index is -1.12. The van der Waals surface area contributed by atoms with E-state index in [2.05, 4.69) is 10.2 Å². The van der Waals surface area contributed by atoms with Gasteiger partial charge in [-0.3, -0.25) is 4.90 Å². The summed E-state index contributed by atoms with van der Waals surface area (Å²) in [6.45, 7) is 3.05. The van der Waals surface area contributed by atoms with E-state index >= 15 is 0 Å². The molecule has 3 saturated heterocycles. The molecule has 0 saturated carbocycles. The highest BCUT2D eigenvalue weighted by molar-refractivity contribution is 5.84. The van der Waals surface area contributed by atoms with Crippen LogP contribution in [0.25, 0.3) is 0 Å². The van der Waals surface area contributed by atoms with Gasteiger partial charge in [-0.2, -0.15) is 0 Å². The molecule has 3 fully saturated rings. The zero-order chi connectivity index (χ0) is 24.2. The molecule has 0 aliphatic carbocycles. The number of hydrogen-bond acceptors (Lipinski definition) is 6. The summed E-state index contributed by atoms with van der Waals surface area (Å²) in [6.07, 6.45) is 1.64. The van der Waals surface area contributed by atoms with Crippen LogP contribution in [0.4, 0.5) is 4.79 Å². The van der Waals surface area contributed by atoms with Crippen LogP contribution in [0.5, 0.6) is 5.75 Å². The van der Waals surface area contributed by atoms with E-state index in [0.29, 0.717) is 17.4 Å². The minimum absolute atomic E-state index is 0.0763. The van der Waals surface area contributed by atoms with Gasteiger partial charge in [0.1, 0.15) is 24.2 Å². The molecule has 2 bridgehead atoms. The van der Waals surface area contributed by atoms with Gasteiger partial charge in [-0.25, -0.2) is 9.59 Å². The highest BCUT2D eigenvalue weighted by atomic mass is 16.6. The first-order valence-electron chi connectivity index (χ1n) is 11.8. The Balaban J connectivity index is 1.29. The van der Waals surface area contributed by atoms with Crippen molar-refractivity contribution in [1.29, 1.82) is 0 Å². The fourth-order valence-electron chi connectivity index (χ4n) is 4.85. The second-order valence-electron chi connectivity index (χ2n) is 9.00. The van der Waals surface area contributed by atoms with E-state index in [0.717, 1.165) is 43.6 Å². The van der Waals surface area contributed by atoms with E-state index in [-0.39, 0.29) is 18.5 Å². The van der Waals surface area contributed by atoms with Crippen molar-refractivity contribution in [3.05, 3.63) is 89.4 Å². The molecular formula is C27H28N2O6. The lowest BCUT2D eigenvalue weighted by Gasteiger charge is -2.43. The number of nitrogens with zero attached hydrogens (tertiary/aromatic N) is 1. The SMILES string of the molecule is O=C(NC(c1ccccc1)c1cccc(OCc2ccc(C(=O)O)o2)c1)O[C@H]1CN2CCC1CC2. The fourth-order valence-corrected chi connectivity index (χ4v) is 4.85. The van der Waals surface area contributed by atoms with Crippen LogP contribution in [0.3, 0.4) is 0 Å². The number of hydrogen-bond donors (Lipinski definition) is 2. The van der Waals surface area contributed by atoms with Crippen LogP contribution in [0, 0.1) is 5.92 Å². The predicted molar refractivity (Wildman–Crippen MR) is 127 cm³/mol. The highest BCUT2D eigenvalue weighted by Gasteiger charge is 2.36. The first kappa shape index (κ1) is 23.0. The number of rotatable bonds is 8. The number of amides is 1. The molecule has 3 aliphatic rings. The van der Waals surface area contributed by atoms with Gasteiger partial charge in [0, 0.05) is 6.54 Å². The summed E-state index contributed by atoms with van der Waals surface area (Å²) >= 11 is 0. The van der Waals surface area contributed by atoms with Gasteiger partial charge in [-0.15, -0.1) is 0 Å². The number of nitrogens with one attached hydrogen (secondary N) is 1. The maximum absolute atomic E-state index is 13.0. The third-order valence-electron chi connectivity index (χ3n) is 6.69. The van der Waals surface area contributed by atoms with Crippen LogP contribution in [0.15, 0.2) is 71.1 Å². The van der Waals surface area contributed by atoms with Crippen LogP contribution in [0.2, 0.25) is 0 Å². The number of benzene rings is 2. The van der Waals surface area contributed by atoms with Crippen molar-refractivity contribution >= 4 is 12.1 Å². The van der Waals surface area contributed by atoms with E-state index in [1.54, 1.807) is 12.1 Å². The standard InChI is InChI=1S/C27H28N2O6/c30-26(31)23-10-9-22(34-23)17-33-21-8-4-7-20(15-21)25(19-5-2-1-3-6-19)28-27(32)35-24-16-29-13-11-18(24)12-14-29/h1-10,15,18,24-25H,11-14,16-17H2,(H,28,32)(H,30,31)/t24-,25?/m0/s1. The molecule has 0 radical (unpaired) electrons. The van der Waals surface area contributed by atoms with Crippen LogP contribution in [-0.4, -0.2) is 47.8 Å². The molecule has 1 aromatic heterocycles. The Morgan fingerprint density at radius 2 is 1.80 bits per heavy atom. The Kier molecular flexibility index (Phi) is 6.72. The Morgan fingerprint density at radius 3 is 2.49 bits per heavy atom. The predicted octanol–water partition coefficient (Wildman–Crippen LogP) is 4.47. The quantitative estimate of drug-likeness (QED) is 0.495. The molecule has 8 heteroatoms. The van der Waals surface area contributed by atoms with Crippen molar-refractivity contribution in [2.75, 3.05) is 19.6 Å². The Bertz CT molecular complexity index is 1170. The van der Waals surface area contributed by atoms with Gasteiger partial charge in [-0.05, 0) is 67.2 Å². The summed E-state index contributed by atoms with van der Waals surface area (Å²) < 4.78 is 17.0. The average molecular weight is 477 g/mol. The molecule has 1 unspecified atom stereocenters. The summed E-state index contributed by atoms with van der Waals surface area (Å²) in [5.41, 5.74) is 1.76. The Hall–Kier alpha value is -3.78. The molecule has 35 heavy (non-hydrogen) atoms. The third-order valence-corrected chi connectivity index (χ3v) is 6.69. The fraction of sp³-hybridized carbons (Fsp3) is 0.333. The number of ether oxygens (including phenoxy) is 2. The normalized spacial score (nSPS) is 21.8. The minimum Gasteiger partial charge on any atom is -0.486 e. The van der Waals surface area contributed by atoms with Crippen molar-refractivity contribution in [3.63, 3.8) is 0 Å². The molecule has 1 amide bonds. The number of fused-ring (bicyclic) bond motifs is 3. The Labute approximate surface area is 203 Å². The second-order valence-corrected chi connectivity index (χ2v) is 9.00. The molecule has 8 nitrogen and oxygen atoms in total. The van der Waals surface area contributed by atoms with Gasteiger partial charge < -0.3 is 24.3 Å². The zero-order valence-corrected chi connectivity index (χ0v) is 19.3. The van der Waals surface area contributed by atoms with Gasteiger partial charge in [0.2, 0.25) is 5.76 Å². The maximum Gasteiger partial charge on any atom is 0.408 e. The van der Waals surface area contributed by atoms with Crippen LogP contribution < -0.4 is 10.1 Å². The lowest BCUT2D eigenvalue weighted by Crippen LogP contribution is -2.52. The average Bonchev–Trinajstić information content (AvgIpc) is 3.37. The maximum atomic E-state index is 13.0. The highest BCUT2D eigenvalue weighted by Crippen LogP contribution is 2.30. The summed E-state index contributed by atoms with van der Waals surface area (Å²) in [5.74, 6) is 0.157. The molecule has 2 aromatic carbocycles. The monoisotopic (exact) mass is 476 g/mol. The number of alkyl carbamates (subject to hydrolysis) is 1. The molecule has 2 N–H and O–H groups in total. The van der Waals surface area contributed by atoms with Gasteiger partial charge in [0.05, 0.1) is 6.04 Å². The summed E-state index contributed by atoms with van der Waals surface area (Å²) in [5, 5.41) is 12.1. The second kappa shape index (κ2) is 10.2. The first-order chi connectivity index (χ1) is 17.0. The summed E-state index contributed by atoms with van der Waals surface area (Å²) in [7, 11) is 0. The van der Waals surface area contributed by atoms with Crippen molar-refractivity contribution < 1.29 is 28.6 Å². The van der Waals surface area contributed by atoms with E-state index in [1.165, 1.54) is 6.07 Å². The Morgan fingerprint density at radius 1 is 1.03 bits per heavy atom. The molecule has 0 spiro atoms. The van der Waals surface area contributed by atoms with E-state index in [4.69, 9.17) is 19.0 Å². The number of carboxylic acid groups (broad SMARTS) is 1. The molecule has 3 aromatic rings. The van der Waals surface area contributed by atoms with Crippen LogP contribution in [0.1, 0.15) is 46.3 Å². The van der Waals surface area contributed by atoms with Gasteiger partial charge >= 0.3 is 12.1 Å². The van der Waals surface area contributed by atoms with Crippen LogP contribution in [-0.2, 0) is 11.3 Å². The van der Waals surface area contributed by atoms with Gasteiger partial charge in [-0.1, -0.05) is 42.5 Å². The molecular weight excluding hydrogens is 448 g/mol.